The lowest BCUT2D eigenvalue weighted by molar-refractivity contribution is -0.151. The molecule has 3 amide bonds. The molecule has 1 aromatic carbocycles. The first-order valence-electron chi connectivity index (χ1n) is 14.1. The molecule has 3 heterocycles. The summed E-state index contributed by atoms with van der Waals surface area (Å²) in [7, 11) is 0. The van der Waals surface area contributed by atoms with Gasteiger partial charge in [-0.2, -0.15) is 0 Å². The van der Waals surface area contributed by atoms with Crippen molar-refractivity contribution >= 4 is 33.7 Å². The average Bonchev–Trinajstić information content (AvgIpc) is 3.50. The number of rotatable bonds is 12. The van der Waals surface area contributed by atoms with Gasteiger partial charge in [0.05, 0.1) is 17.9 Å². The number of aliphatic hydroxyl groups is 1. The normalized spacial score (nSPS) is 28.9. The number of hydrogen-bond acceptors (Lipinski definition) is 5. The zero-order valence-corrected chi connectivity index (χ0v) is 25.4. The highest BCUT2D eigenvalue weighted by molar-refractivity contribution is 9.09. The molecule has 0 aliphatic carbocycles. The highest BCUT2D eigenvalue weighted by Crippen LogP contribution is 2.60. The monoisotopic (exact) mass is 615 g/mol. The average molecular weight is 617 g/mol. The zero-order chi connectivity index (χ0) is 29.2. The molecule has 1 spiro atoms. The van der Waals surface area contributed by atoms with Crippen molar-refractivity contribution < 1.29 is 24.2 Å². The topological polar surface area (TPSA) is 90.4 Å². The summed E-state index contributed by atoms with van der Waals surface area (Å²) in [6.45, 7) is 14.9. The van der Waals surface area contributed by atoms with Crippen molar-refractivity contribution in [2.45, 2.75) is 74.7 Å². The zero-order valence-electron chi connectivity index (χ0n) is 23.8. The minimum atomic E-state index is -1.12. The molecular formula is C31H42BrN3O5. The molecule has 1 aromatic rings. The summed E-state index contributed by atoms with van der Waals surface area (Å²) in [6.07, 6.45) is 4.36. The number of carbonyl (C=O) groups is 3. The molecule has 8 nitrogen and oxygen atoms in total. The Bertz CT molecular complexity index is 1120. The molecule has 40 heavy (non-hydrogen) atoms. The van der Waals surface area contributed by atoms with Gasteiger partial charge in [0.15, 0.2) is 0 Å². The van der Waals surface area contributed by atoms with E-state index in [1.54, 1.807) is 26.9 Å². The maximum atomic E-state index is 14.4. The van der Waals surface area contributed by atoms with Crippen LogP contribution in [0.2, 0.25) is 0 Å². The predicted molar refractivity (Wildman–Crippen MR) is 157 cm³/mol. The highest BCUT2D eigenvalue weighted by Gasteiger charge is 2.77. The molecule has 3 fully saturated rings. The molecule has 0 saturated carbocycles. The third kappa shape index (κ3) is 5.40. The second kappa shape index (κ2) is 12.2. The number of aliphatic hydroxyl groups excluding tert-OH is 1. The van der Waals surface area contributed by atoms with Crippen molar-refractivity contribution in [3.63, 3.8) is 0 Å². The number of ether oxygens (including phenoxy) is 1. The Morgan fingerprint density at radius 1 is 1.15 bits per heavy atom. The fourth-order valence-electron chi connectivity index (χ4n) is 6.70. The van der Waals surface area contributed by atoms with Crippen LogP contribution >= 0.6 is 15.9 Å². The van der Waals surface area contributed by atoms with Gasteiger partial charge in [0.25, 0.3) is 0 Å². The van der Waals surface area contributed by atoms with E-state index in [1.807, 2.05) is 51.1 Å². The summed E-state index contributed by atoms with van der Waals surface area (Å²) in [5, 5.41) is 9.41. The number of hydrogen-bond donors (Lipinski definition) is 1. The minimum Gasteiger partial charge on any atom is -0.396 e. The summed E-state index contributed by atoms with van der Waals surface area (Å²) in [5.74, 6) is -2.08. The summed E-state index contributed by atoms with van der Waals surface area (Å²) >= 11 is 3.76. The van der Waals surface area contributed by atoms with Crippen LogP contribution in [0.1, 0.15) is 45.6 Å². The Labute approximate surface area is 246 Å². The van der Waals surface area contributed by atoms with Crippen molar-refractivity contribution in [1.82, 2.24) is 14.7 Å². The number of alkyl halides is 1. The van der Waals surface area contributed by atoms with Gasteiger partial charge in [0, 0.05) is 43.2 Å². The number of unbranched alkanes of at least 4 members (excludes halogenated alkanes) is 1. The van der Waals surface area contributed by atoms with Crippen LogP contribution in [-0.4, -0.2) is 91.9 Å². The molecule has 0 aromatic heterocycles. The second-order valence-electron chi connectivity index (χ2n) is 12.0. The number of nitrogens with zero attached hydrogens (tertiary/aromatic N) is 3. The molecule has 3 unspecified atom stereocenters. The maximum Gasteiger partial charge on any atom is 0.249 e. The van der Waals surface area contributed by atoms with E-state index in [0.717, 1.165) is 5.56 Å². The lowest BCUT2D eigenvalue weighted by Crippen LogP contribution is -2.60. The van der Waals surface area contributed by atoms with Crippen LogP contribution in [0.4, 0.5) is 0 Å². The molecule has 3 aliphatic heterocycles. The molecule has 1 N–H and O–H groups in total. The molecule has 3 aliphatic rings. The second-order valence-corrected chi connectivity index (χ2v) is 13.2. The molecule has 3 saturated heterocycles. The molecule has 0 radical (unpaired) electrons. The number of likely N-dealkylation sites (tertiary alicyclic amines) is 1. The lowest BCUT2D eigenvalue weighted by atomic mass is 9.70. The summed E-state index contributed by atoms with van der Waals surface area (Å²) < 4.78 is 6.68. The number of amides is 3. The van der Waals surface area contributed by atoms with Crippen LogP contribution in [0.25, 0.3) is 0 Å². The predicted octanol–water partition coefficient (Wildman–Crippen LogP) is 3.53. The largest absolute Gasteiger partial charge is 0.396 e. The standard InChI is InChI=1S/C31H42BrN3O5/c1-6-15-33(20-21-13-9-8-10-14-21)27(37)23-24-28(38)34(17-11-12-18-36)26(31(24)19-22(32)25(23)40-31)29(39)35(16-7-2)30(3,4)5/h6-10,13-14,22-26,36H,1-2,11-12,15-20H2,3-5H3/t22?,23-,24+,25-,26?,31?/m1/s1. The fourth-order valence-corrected chi connectivity index (χ4v) is 7.64. The van der Waals surface area contributed by atoms with Gasteiger partial charge in [-0.3, -0.25) is 14.4 Å². The summed E-state index contributed by atoms with van der Waals surface area (Å²) in [5.41, 5.74) is -0.659. The van der Waals surface area contributed by atoms with Gasteiger partial charge in [0.2, 0.25) is 17.7 Å². The molecule has 6 atom stereocenters. The van der Waals surface area contributed by atoms with Crippen LogP contribution < -0.4 is 0 Å². The van der Waals surface area contributed by atoms with Crippen molar-refractivity contribution in [3.8, 4) is 0 Å². The Hall–Kier alpha value is -2.49. The van der Waals surface area contributed by atoms with Crippen LogP contribution in [0, 0.1) is 11.8 Å². The first-order valence-corrected chi connectivity index (χ1v) is 15.0. The smallest absolute Gasteiger partial charge is 0.249 e. The quantitative estimate of drug-likeness (QED) is 0.221. The summed E-state index contributed by atoms with van der Waals surface area (Å²) in [4.78, 5) is 47.8. The number of benzene rings is 1. The Morgan fingerprint density at radius 2 is 1.82 bits per heavy atom. The first kappa shape index (κ1) is 30.5. The molecule has 2 bridgehead atoms. The summed E-state index contributed by atoms with van der Waals surface area (Å²) in [6, 6.07) is 8.86. The molecule has 218 valence electrons. The fraction of sp³-hybridized carbons (Fsp3) is 0.581. The van der Waals surface area contributed by atoms with Gasteiger partial charge < -0.3 is 24.5 Å². The Morgan fingerprint density at radius 3 is 2.42 bits per heavy atom. The van der Waals surface area contributed by atoms with Gasteiger partial charge in [-0.05, 0) is 45.6 Å². The van der Waals surface area contributed by atoms with Crippen LogP contribution in [0.5, 0.6) is 0 Å². The highest BCUT2D eigenvalue weighted by atomic mass is 79.9. The SMILES string of the molecule is C=CCN(Cc1ccccc1)C(=O)[C@H]1[C@@H]2OC3(CC2Br)C(C(=O)N(CC=C)C(C)(C)C)N(CCCCO)C(=O)[C@H]13. The van der Waals surface area contributed by atoms with Gasteiger partial charge in [-0.1, -0.05) is 58.4 Å². The van der Waals surface area contributed by atoms with Gasteiger partial charge in [-0.25, -0.2) is 0 Å². The first-order chi connectivity index (χ1) is 19.0. The third-order valence-corrected chi connectivity index (χ3v) is 9.23. The lowest BCUT2D eigenvalue weighted by Gasteiger charge is -2.42. The third-order valence-electron chi connectivity index (χ3n) is 8.38. The van der Waals surface area contributed by atoms with E-state index in [2.05, 4.69) is 29.1 Å². The maximum absolute atomic E-state index is 14.4. The van der Waals surface area contributed by atoms with E-state index in [1.165, 1.54) is 0 Å². The van der Waals surface area contributed by atoms with Gasteiger partial charge >= 0.3 is 0 Å². The molecule has 9 heteroatoms. The van der Waals surface area contributed by atoms with Crippen LogP contribution in [0.3, 0.4) is 0 Å². The molecular weight excluding hydrogens is 574 g/mol. The number of fused-ring (bicyclic) bond motifs is 1. The van der Waals surface area contributed by atoms with Gasteiger partial charge in [-0.15, -0.1) is 13.2 Å². The van der Waals surface area contributed by atoms with E-state index < -0.39 is 35.1 Å². The van der Waals surface area contributed by atoms with E-state index in [0.29, 0.717) is 45.4 Å². The number of halogens is 1. The van der Waals surface area contributed by atoms with Crippen molar-refractivity contribution in [2.75, 3.05) is 26.2 Å². The van der Waals surface area contributed by atoms with Crippen LogP contribution in [-0.2, 0) is 25.7 Å². The van der Waals surface area contributed by atoms with Crippen molar-refractivity contribution in [2.24, 2.45) is 11.8 Å². The van der Waals surface area contributed by atoms with E-state index in [4.69, 9.17) is 4.74 Å². The van der Waals surface area contributed by atoms with E-state index >= 15 is 0 Å². The molecule has 4 rings (SSSR count). The Kier molecular flexibility index (Phi) is 9.27. The minimum absolute atomic E-state index is 0.00104. The van der Waals surface area contributed by atoms with E-state index in [9.17, 15) is 19.5 Å². The number of carbonyl (C=O) groups excluding carboxylic acids is 3. The van der Waals surface area contributed by atoms with Crippen molar-refractivity contribution in [3.05, 3.63) is 61.2 Å². The Balaban J connectivity index is 1.75. The van der Waals surface area contributed by atoms with E-state index in [-0.39, 0.29) is 29.2 Å². The van der Waals surface area contributed by atoms with Crippen LogP contribution in [0.15, 0.2) is 55.6 Å². The van der Waals surface area contributed by atoms with Crippen molar-refractivity contribution in [1.29, 1.82) is 0 Å². The van der Waals surface area contributed by atoms with Gasteiger partial charge in [0.1, 0.15) is 11.6 Å².